The molecule has 3 aromatic carbocycles. The first kappa shape index (κ1) is 22.7. The molecule has 172 valence electrons. The molecule has 0 aliphatic heterocycles. The highest BCUT2D eigenvalue weighted by molar-refractivity contribution is 5.99. The van der Waals surface area contributed by atoms with Crippen molar-refractivity contribution < 1.29 is 18.7 Å². The van der Waals surface area contributed by atoms with E-state index in [2.05, 4.69) is 20.8 Å². The van der Waals surface area contributed by atoms with Gasteiger partial charge in [-0.2, -0.15) is 0 Å². The molecule has 0 aliphatic carbocycles. The Hall–Kier alpha value is -4.46. The van der Waals surface area contributed by atoms with Crippen LogP contribution in [0, 0.1) is 13.8 Å². The van der Waals surface area contributed by atoms with Gasteiger partial charge in [-0.3, -0.25) is 9.59 Å². The summed E-state index contributed by atoms with van der Waals surface area (Å²) in [5.74, 6) is 0.764. The van der Waals surface area contributed by atoms with Crippen molar-refractivity contribution in [2.24, 2.45) is 0 Å². The van der Waals surface area contributed by atoms with Gasteiger partial charge in [0.2, 0.25) is 11.8 Å². The Balaban J connectivity index is 1.25. The number of nitrogens with one attached hydrogen (secondary N) is 2. The van der Waals surface area contributed by atoms with Gasteiger partial charge < -0.3 is 19.8 Å². The van der Waals surface area contributed by atoms with Gasteiger partial charge in [-0.1, -0.05) is 35.9 Å². The van der Waals surface area contributed by atoms with Gasteiger partial charge in [-0.15, -0.1) is 10.2 Å². The van der Waals surface area contributed by atoms with Gasteiger partial charge >= 0.3 is 0 Å². The van der Waals surface area contributed by atoms with E-state index in [0.29, 0.717) is 28.8 Å². The number of aromatic nitrogens is 2. The maximum atomic E-state index is 12.2. The summed E-state index contributed by atoms with van der Waals surface area (Å²) in [4.78, 5) is 24.3. The average Bonchev–Trinajstić information content (AvgIpc) is 3.32. The number of hydrogen-bond donors (Lipinski definition) is 2. The minimum atomic E-state index is -0.330. The summed E-state index contributed by atoms with van der Waals surface area (Å²) in [5.41, 5.74) is 4.09. The number of hydrogen-bond acceptors (Lipinski definition) is 6. The number of benzene rings is 3. The van der Waals surface area contributed by atoms with Crippen molar-refractivity contribution in [1.29, 1.82) is 0 Å². The predicted molar refractivity (Wildman–Crippen MR) is 127 cm³/mol. The van der Waals surface area contributed by atoms with Crippen LogP contribution in [0.15, 0.2) is 77.2 Å². The molecule has 4 rings (SSSR count). The fourth-order valence-corrected chi connectivity index (χ4v) is 3.19. The number of amides is 2. The zero-order valence-corrected chi connectivity index (χ0v) is 18.9. The van der Waals surface area contributed by atoms with Crippen molar-refractivity contribution in [2.75, 3.05) is 11.9 Å². The molecule has 0 bridgehead atoms. The molecule has 0 fully saturated rings. The van der Waals surface area contributed by atoms with Crippen LogP contribution in [0.5, 0.6) is 5.75 Å². The number of ether oxygens (including phenoxy) is 1. The van der Waals surface area contributed by atoms with Crippen LogP contribution in [-0.2, 0) is 11.4 Å². The molecule has 1 heterocycles. The Morgan fingerprint density at radius 3 is 2.38 bits per heavy atom. The third-order valence-electron chi connectivity index (χ3n) is 5.07. The maximum absolute atomic E-state index is 12.2. The van der Waals surface area contributed by atoms with E-state index in [1.54, 1.807) is 36.4 Å². The van der Waals surface area contributed by atoms with E-state index in [9.17, 15) is 9.59 Å². The summed E-state index contributed by atoms with van der Waals surface area (Å²) >= 11 is 0. The largest absolute Gasteiger partial charge is 0.484 e. The van der Waals surface area contributed by atoms with Crippen molar-refractivity contribution in [3.63, 3.8) is 0 Å². The summed E-state index contributed by atoms with van der Waals surface area (Å²) in [6.07, 6.45) is 0. The molecule has 34 heavy (non-hydrogen) atoms. The first-order chi connectivity index (χ1) is 16.5. The van der Waals surface area contributed by atoms with E-state index in [4.69, 9.17) is 9.15 Å². The molecule has 1 aromatic heterocycles. The summed E-state index contributed by atoms with van der Waals surface area (Å²) in [6, 6.07) is 21.8. The second-order valence-corrected chi connectivity index (χ2v) is 7.73. The summed E-state index contributed by atoms with van der Waals surface area (Å²) in [5, 5.41) is 13.5. The second kappa shape index (κ2) is 10.4. The van der Waals surface area contributed by atoms with Crippen LogP contribution in [0.25, 0.3) is 11.5 Å². The molecule has 0 aliphatic rings. The lowest BCUT2D eigenvalue weighted by Gasteiger charge is -2.08. The van der Waals surface area contributed by atoms with E-state index in [1.165, 1.54) is 0 Å². The standard InChI is InChI=1S/C26H24N4O4/c1-17-7-9-19(10-8-17)25(32)27-15-23(31)28-20-11-13-21(14-12-20)33-16-24-29-30-26(34-24)22-6-4-3-5-18(22)2/h3-14H,15-16H2,1-2H3,(H,27,32)(H,28,31). The van der Waals surface area contributed by atoms with Gasteiger partial charge in [0, 0.05) is 16.8 Å². The smallest absolute Gasteiger partial charge is 0.254 e. The molecule has 8 nitrogen and oxygen atoms in total. The minimum absolute atomic E-state index is 0.121. The van der Waals surface area contributed by atoms with E-state index >= 15 is 0 Å². The maximum Gasteiger partial charge on any atom is 0.254 e. The number of carbonyl (C=O) groups excluding carboxylic acids is 2. The van der Waals surface area contributed by atoms with Gasteiger partial charge in [0.1, 0.15) is 5.75 Å². The molecule has 0 atom stereocenters. The minimum Gasteiger partial charge on any atom is -0.484 e. The number of aryl methyl sites for hydroxylation is 2. The summed E-state index contributed by atoms with van der Waals surface area (Å²) < 4.78 is 11.4. The topological polar surface area (TPSA) is 106 Å². The van der Waals surface area contributed by atoms with Crippen molar-refractivity contribution in [3.05, 3.63) is 95.4 Å². The Labute approximate surface area is 197 Å². The lowest BCUT2D eigenvalue weighted by molar-refractivity contribution is -0.115. The third kappa shape index (κ3) is 5.86. The molecule has 4 aromatic rings. The molecule has 2 amide bonds. The van der Waals surface area contributed by atoms with E-state index in [1.807, 2.05) is 50.2 Å². The van der Waals surface area contributed by atoms with E-state index in [0.717, 1.165) is 16.7 Å². The Morgan fingerprint density at radius 2 is 1.65 bits per heavy atom. The Kier molecular flexibility index (Phi) is 6.98. The molecule has 0 saturated carbocycles. The molecular weight excluding hydrogens is 432 g/mol. The molecule has 2 N–H and O–H groups in total. The van der Waals surface area contributed by atoms with Crippen LogP contribution < -0.4 is 15.4 Å². The fourth-order valence-electron chi connectivity index (χ4n) is 3.19. The number of nitrogens with zero attached hydrogens (tertiary/aromatic N) is 2. The van der Waals surface area contributed by atoms with E-state index in [-0.39, 0.29) is 25.0 Å². The molecule has 0 spiro atoms. The van der Waals surface area contributed by atoms with Crippen molar-refractivity contribution in [3.8, 4) is 17.2 Å². The van der Waals surface area contributed by atoms with Crippen molar-refractivity contribution in [2.45, 2.75) is 20.5 Å². The highest BCUT2D eigenvalue weighted by atomic mass is 16.5. The lowest BCUT2D eigenvalue weighted by atomic mass is 10.1. The zero-order valence-electron chi connectivity index (χ0n) is 18.9. The highest BCUT2D eigenvalue weighted by Gasteiger charge is 2.11. The van der Waals surface area contributed by atoms with Gasteiger partial charge in [-0.05, 0) is 61.9 Å². The van der Waals surface area contributed by atoms with Crippen LogP contribution in [0.1, 0.15) is 27.4 Å². The van der Waals surface area contributed by atoms with Gasteiger partial charge in [0.15, 0.2) is 6.61 Å². The van der Waals surface area contributed by atoms with Crippen LogP contribution >= 0.6 is 0 Å². The molecule has 0 saturated heterocycles. The van der Waals surface area contributed by atoms with Gasteiger partial charge in [0.25, 0.3) is 11.8 Å². The van der Waals surface area contributed by atoms with Crippen LogP contribution in [0.2, 0.25) is 0 Å². The van der Waals surface area contributed by atoms with E-state index < -0.39 is 0 Å². The monoisotopic (exact) mass is 456 g/mol. The fraction of sp³-hybridized carbons (Fsp3) is 0.154. The average molecular weight is 457 g/mol. The molecule has 0 unspecified atom stereocenters. The first-order valence-corrected chi connectivity index (χ1v) is 10.7. The van der Waals surface area contributed by atoms with Crippen LogP contribution in [0.4, 0.5) is 5.69 Å². The number of carbonyl (C=O) groups is 2. The van der Waals surface area contributed by atoms with Crippen LogP contribution in [0.3, 0.4) is 0 Å². The van der Waals surface area contributed by atoms with Crippen LogP contribution in [-0.4, -0.2) is 28.6 Å². The second-order valence-electron chi connectivity index (χ2n) is 7.73. The molecular formula is C26H24N4O4. The normalized spacial score (nSPS) is 10.5. The quantitative estimate of drug-likeness (QED) is 0.409. The Morgan fingerprint density at radius 1 is 0.912 bits per heavy atom. The Bertz CT molecular complexity index is 1280. The van der Waals surface area contributed by atoms with Crippen molar-refractivity contribution >= 4 is 17.5 Å². The first-order valence-electron chi connectivity index (χ1n) is 10.7. The molecule has 8 heteroatoms. The lowest BCUT2D eigenvalue weighted by Crippen LogP contribution is -2.32. The van der Waals surface area contributed by atoms with Gasteiger partial charge in [0.05, 0.1) is 6.54 Å². The van der Waals surface area contributed by atoms with Crippen molar-refractivity contribution in [1.82, 2.24) is 15.5 Å². The predicted octanol–water partition coefficient (Wildman–Crippen LogP) is 4.30. The number of rotatable bonds is 8. The molecule has 0 radical (unpaired) electrons. The number of anilines is 1. The SMILES string of the molecule is Cc1ccc(C(=O)NCC(=O)Nc2ccc(OCc3nnc(-c4ccccc4C)o3)cc2)cc1. The summed E-state index contributed by atoms with van der Waals surface area (Å²) in [7, 11) is 0. The third-order valence-corrected chi connectivity index (χ3v) is 5.07. The highest BCUT2D eigenvalue weighted by Crippen LogP contribution is 2.22. The zero-order chi connectivity index (χ0) is 23.9. The summed E-state index contributed by atoms with van der Waals surface area (Å²) in [6.45, 7) is 3.91. The van der Waals surface area contributed by atoms with Gasteiger partial charge in [-0.25, -0.2) is 0 Å².